The van der Waals surface area contributed by atoms with Crippen molar-refractivity contribution in [2.75, 3.05) is 7.11 Å². The Balaban J connectivity index is 1.90. The summed E-state index contributed by atoms with van der Waals surface area (Å²) in [6.45, 7) is 0.643. The van der Waals surface area contributed by atoms with E-state index in [0.717, 1.165) is 6.42 Å². The molecule has 0 fully saturated rings. The largest absolute Gasteiger partial charge is 0.485 e. The summed E-state index contributed by atoms with van der Waals surface area (Å²) in [5, 5.41) is 5.21. The van der Waals surface area contributed by atoms with Gasteiger partial charge in [0.25, 0.3) is 0 Å². The molecule has 1 aliphatic rings. The number of alkyl halides is 2. The zero-order chi connectivity index (χ0) is 25.1. The van der Waals surface area contributed by atoms with Crippen LogP contribution in [-0.4, -0.2) is 28.1 Å². The maximum absolute atomic E-state index is 13.0. The van der Waals surface area contributed by atoms with Gasteiger partial charge in [-0.15, -0.1) is 0 Å². The van der Waals surface area contributed by atoms with E-state index in [-0.39, 0.29) is 17.5 Å². The fraction of sp³-hybridized carbons (Fsp3) is 0.458. The van der Waals surface area contributed by atoms with E-state index in [1.165, 1.54) is 13.2 Å². The fourth-order valence-electron chi connectivity index (χ4n) is 4.20. The highest BCUT2D eigenvalue weighted by atomic mass is 32.2. The van der Waals surface area contributed by atoms with Crippen LogP contribution in [0.1, 0.15) is 56.8 Å². The molecular weight excluding hydrogens is 468 g/mol. The van der Waals surface area contributed by atoms with E-state index >= 15 is 0 Å². The lowest BCUT2D eigenvalue weighted by molar-refractivity contribution is -0.151. The number of benzene rings is 2. The van der Waals surface area contributed by atoms with Gasteiger partial charge >= 0.3 is 12.6 Å². The number of esters is 1. The standard InChI is InChI=1S/C24H29F2NO6S/c1-24(2,22(28)31-3)12-5-4-7-18-17-13-15(14-34(27,29)30)10-11-16(17)21-19(32-18)8-6-9-20(21)33-23(25)26/h6,8-11,13,18,23H,4-5,7,12,14H2,1-3H3,(H2,27,29,30). The Morgan fingerprint density at radius 2 is 1.94 bits per heavy atom. The SMILES string of the molecule is COC(=O)C(C)(C)CCCCC1Oc2cccc(OC(F)F)c2-c2ccc(CS(N)(=O)=O)cc21. The Kier molecular flexibility index (Phi) is 7.82. The highest BCUT2D eigenvalue weighted by Crippen LogP contribution is 2.49. The van der Waals surface area contributed by atoms with Crippen molar-refractivity contribution < 1.29 is 36.2 Å². The molecule has 1 aliphatic heterocycles. The van der Waals surface area contributed by atoms with Gasteiger partial charge in [0.2, 0.25) is 10.0 Å². The minimum atomic E-state index is -3.76. The number of hydrogen-bond acceptors (Lipinski definition) is 6. The van der Waals surface area contributed by atoms with Gasteiger partial charge in [0.15, 0.2) is 0 Å². The summed E-state index contributed by atoms with van der Waals surface area (Å²) >= 11 is 0. The number of nitrogens with two attached hydrogens (primary N) is 1. The molecule has 2 aromatic rings. The van der Waals surface area contributed by atoms with Crippen LogP contribution in [-0.2, 0) is 25.3 Å². The van der Waals surface area contributed by atoms with Gasteiger partial charge in [0, 0.05) is 5.56 Å². The summed E-state index contributed by atoms with van der Waals surface area (Å²) < 4.78 is 65.0. The lowest BCUT2D eigenvalue weighted by Gasteiger charge is -2.31. The molecule has 0 radical (unpaired) electrons. The second-order valence-corrected chi connectivity index (χ2v) is 10.6. The number of halogens is 2. The lowest BCUT2D eigenvalue weighted by atomic mass is 9.85. The highest BCUT2D eigenvalue weighted by Gasteiger charge is 2.31. The second-order valence-electron chi connectivity index (χ2n) is 8.96. The first-order valence-corrected chi connectivity index (χ1v) is 12.6. The van der Waals surface area contributed by atoms with E-state index in [2.05, 4.69) is 0 Å². The topological polar surface area (TPSA) is 105 Å². The lowest BCUT2D eigenvalue weighted by Crippen LogP contribution is -2.25. The smallest absolute Gasteiger partial charge is 0.387 e. The van der Waals surface area contributed by atoms with Crippen molar-refractivity contribution in [2.24, 2.45) is 10.6 Å². The van der Waals surface area contributed by atoms with Gasteiger partial charge in [0.1, 0.15) is 17.6 Å². The van der Waals surface area contributed by atoms with Crippen LogP contribution < -0.4 is 14.6 Å². The van der Waals surface area contributed by atoms with Crippen LogP contribution in [0.3, 0.4) is 0 Å². The quantitative estimate of drug-likeness (QED) is 0.368. The van der Waals surface area contributed by atoms with Crippen molar-refractivity contribution in [2.45, 2.75) is 58.0 Å². The third-order valence-electron chi connectivity index (χ3n) is 5.83. The number of methoxy groups -OCH3 is 1. The predicted octanol–water partition coefficient (Wildman–Crippen LogP) is 4.94. The summed E-state index contributed by atoms with van der Waals surface area (Å²) in [7, 11) is -2.40. The van der Waals surface area contributed by atoms with E-state index < -0.39 is 28.2 Å². The zero-order valence-electron chi connectivity index (χ0n) is 19.3. The average Bonchev–Trinajstić information content (AvgIpc) is 2.74. The van der Waals surface area contributed by atoms with E-state index in [1.807, 2.05) is 13.8 Å². The monoisotopic (exact) mass is 497 g/mol. The summed E-state index contributed by atoms with van der Waals surface area (Å²) in [4.78, 5) is 11.9. The Hall–Kier alpha value is -2.72. The van der Waals surface area contributed by atoms with E-state index in [9.17, 15) is 22.0 Å². The normalized spacial score (nSPS) is 15.3. The molecule has 186 valence electrons. The maximum atomic E-state index is 13.0. The van der Waals surface area contributed by atoms with Crippen LogP contribution in [0.4, 0.5) is 8.78 Å². The first-order chi connectivity index (χ1) is 15.9. The molecular formula is C24H29F2NO6S. The van der Waals surface area contributed by atoms with Crippen LogP contribution in [0.5, 0.6) is 11.5 Å². The number of rotatable bonds is 10. The van der Waals surface area contributed by atoms with Gasteiger partial charge < -0.3 is 14.2 Å². The van der Waals surface area contributed by atoms with Crippen molar-refractivity contribution in [3.05, 3.63) is 47.5 Å². The van der Waals surface area contributed by atoms with Gasteiger partial charge in [-0.2, -0.15) is 8.78 Å². The van der Waals surface area contributed by atoms with Crippen LogP contribution in [0, 0.1) is 5.41 Å². The number of primary sulfonamides is 1. The number of unbranched alkanes of at least 4 members (excludes halogenated alkanes) is 1. The van der Waals surface area contributed by atoms with Gasteiger partial charge in [-0.25, -0.2) is 13.6 Å². The summed E-state index contributed by atoms with van der Waals surface area (Å²) in [6, 6.07) is 9.67. The molecule has 2 N–H and O–H groups in total. The Labute approximate surface area is 198 Å². The van der Waals surface area contributed by atoms with Crippen LogP contribution >= 0.6 is 0 Å². The number of fused-ring (bicyclic) bond motifs is 3. The first kappa shape index (κ1) is 25.9. The number of ether oxygens (including phenoxy) is 3. The van der Waals surface area contributed by atoms with Crippen molar-refractivity contribution in [3.8, 4) is 22.6 Å². The number of carbonyl (C=O) groups excluding carboxylic acids is 1. The van der Waals surface area contributed by atoms with Crippen LogP contribution in [0.15, 0.2) is 36.4 Å². The molecule has 0 saturated heterocycles. The summed E-state index contributed by atoms with van der Waals surface area (Å²) in [5.74, 6) is -0.252. The van der Waals surface area contributed by atoms with Crippen molar-refractivity contribution in [1.82, 2.24) is 0 Å². The Morgan fingerprint density at radius 3 is 2.59 bits per heavy atom. The van der Waals surface area contributed by atoms with Crippen molar-refractivity contribution in [3.63, 3.8) is 0 Å². The number of hydrogen-bond donors (Lipinski definition) is 1. The second kappa shape index (κ2) is 10.3. The minimum absolute atomic E-state index is 0.0220. The molecule has 0 aromatic heterocycles. The van der Waals surface area contributed by atoms with Gasteiger partial charge in [0.05, 0.1) is 23.8 Å². The molecule has 2 aromatic carbocycles. The van der Waals surface area contributed by atoms with E-state index in [0.29, 0.717) is 47.3 Å². The van der Waals surface area contributed by atoms with Gasteiger partial charge in [-0.3, -0.25) is 4.79 Å². The third-order valence-corrected chi connectivity index (χ3v) is 6.57. The molecule has 34 heavy (non-hydrogen) atoms. The number of carbonyl (C=O) groups is 1. The van der Waals surface area contributed by atoms with Crippen LogP contribution in [0.2, 0.25) is 0 Å². The molecule has 1 unspecified atom stereocenters. The molecule has 0 bridgehead atoms. The molecule has 0 spiro atoms. The summed E-state index contributed by atoms with van der Waals surface area (Å²) in [6.07, 6.45) is 2.20. The van der Waals surface area contributed by atoms with Crippen molar-refractivity contribution in [1.29, 1.82) is 0 Å². The third kappa shape index (κ3) is 6.24. The van der Waals surface area contributed by atoms with Crippen LogP contribution in [0.25, 0.3) is 11.1 Å². The van der Waals surface area contributed by atoms with E-state index in [4.69, 9.17) is 19.3 Å². The molecule has 1 atom stereocenters. The average molecular weight is 498 g/mol. The van der Waals surface area contributed by atoms with Gasteiger partial charge in [-0.1, -0.05) is 30.7 Å². The molecule has 0 aliphatic carbocycles. The molecule has 7 nitrogen and oxygen atoms in total. The van der Waals surface area contributed by atoms with Crippen molar-refractivity contribution >= 4 is 16.0 Å². The highest BCUT2D eigenvalue weighted by molar-refractivity contribution is 7.88. The van der Waals surface area contributed by atoms with E-state index in [1.54, 1.807) is 30.3 Å². The first-order valence-electron chi connectivity index (χ1n) is 10.9. The Bertz CT molecular complexity index is 1150. The molecule has 3 rings (SSSR count). The molecule has 10 heteroatoms. The number of sulfonamides is 1. The molecule has 0 saturated carbocycles. The minimum Gasteiger partial charge on any atom is -0.485 e. The predicted molar refractivity (Wildman–Crippen MR) is 123 cm³/mol. The maximum Gasteiger partial charge on any atom is 0.387 e. The fourth-order valence-corrected chi connectivity index (χ4v) is 4.85. The molecule has 1 heterocycles. The molecule has 0 amide bonds. The van der Waals surface area contributed by atoms with Gasteiger partial charge in [-0.05, 0) is 56.4 Å². The zero-order valence-corrected chi connectivity index (χ0v) is 20.2. The summed E-state index contributed by atoms with van der Waals surface area (Å²) in [5.41, 5.74) is 1.55. The Morgan fingerprint density at radius 1 is 1.21 bits per heavy atom.